The average Bonchev–Trinajstić information content (AvgIpc) is 3.46. The second-order valence-electron chi connectivity index (χ2n) is 7.72. The van der Waals surface area contributed by atoms with Crippen LogP contribution in [0.3, 0.4) is 0 Å². The van der Waals surface area contributed by atoms with Crippen molar-refractivity contribution in [2.24, 2.45) is 21.6 Å². The second kappa shape index (κ2) is 5.96. The summed E-state index contributed by atoms with van der Waals surface area (Å²) in [5.74, 6) is -0.815. The molecule has 0 bridgehead atoms. The van der Waals surface area contributed by atoms with Crippen molar-refractivity contribution in [2.75, 3.05) is 20.3 Å². The van der Waals surface area contributed by atoms with E-state index in [1.54, 1.807) is 7.11 Å². The quantitative estimate of drug-likeness (QED) is 0.788. The number of rotatable bonds is 2. The Morgan fingerprint density at radius 3 is 2.52 bits per heavy atom. The van der Waals surface area contributed by atoms with Gasteiger partial charge in [-0.3, -0.25) is 0 Å². The van der Waals surface area contributed by atoms with Crippen molar-refractivity contribution in [3.05, 3.63) is 41.1 Å². The Morgan fingerprint density at radius 2 is 1.90 bits per heavy atom. The average molecular weight is 391 g/mol. The Labute approximate surface area is 168 Å². The normalized spacial score (nSPS) is 34.0. The fourth-order valence-electron chi connectivity index (χ4n) is 5.41. The van der Waals surface area contributed by atoms with Crippen LogP contribution in [0.5, 0.6) is 5.75 Å². The third kappa shape index (κ3) is 1.91. The van der Waals surface area contributed by atoms with Crippen molar-refractivity contribution in [3.63, 3.8) is 0 Å². The van der Waals surface area contributed by atoms with Crippen LogP contribution >= 0.6 is 0 Å². The lowest BCUT2D eigenvalue weighted by Gasteiger charge is -2.50. The number of nitrogens with two attached hydrogens (primary N) is 1. The molecule has 8 heteroatoms. The van der Waals surface area contributed by atoms with Gasteiger partial charge >= 0.3 is 0 Å². The third-order valence-electron chi connectivity index (χ3n) is 6.63. The number of ether oxygens (including phenoxy) is 3. The first-order chi connectivity index (χ1) is 14.1. The zero-order chi connectivity index (χ0) is 20.3. The Bertz CT molecular complexity index is 1010. The van der Waals surface area contributed by atoms with Gasteiger partial charge in [-0.15, -0.1) is 0 Å². The van der Waals surface area contributed by atoms with E-state index >= 15 is 0 Å². The Hall–Kier alpha value is -3.07. The van der Waals surface area contributed by atoms with Gasteiger partial charge in [0.1, 0.15) is 11.6 Å². The molecule has 0 aromatic heterocycles. The molecule has 1 aliphatic carbocycles. The van der Waals surface area contributed by atoms with Crippen LogP contribution in [0.4, 0.5) is 0 Å². The molecule has 0 radical (unpaired) electrons. The van der Waals surface area contributed by atoms with E-state index < -0.39 is 22.8 Å². The minimum Gasteiger partial charge on any atom is -0.497 e. The molecule has 8 nitrogen and oxygen atoms in total. The summed E-state index contributed by atoms with van der Waals surface area (Å²) in [5.41, 5.74) is 6.14. The molecule has 3 heterocycles. The predicted molar refractivity (Wildman–Crippen MR) is 102 cm³/mol. The highest BCUT2D eigenvalue weighted by molar-refractivity contribution is 5.96. The number of aliphatic imine (C=N–C) groups is 1. The topological polar surface area (TPSA) is 126 Å². The maximum atomic E-state index is 10.6. The summed E-state index contributed by atoms with van der Waals surface area (Å²) in [6.45, 7) is 0.593. The van der Waals surface area contributed by atoms with Crippen LogP contribution in [0.15, 0.2) is 40.5 Å². The maximum Gasteiger partial charge on any atom is 0.297 e. The monoisotopic (exact) mass is 391 g/mol. The van der Waals surface area contributed by atoms with Crippen LogP contribution in [-0.2, 0) is 9.47 Å². The van der Waals surface area contributed by atoms with Crippen molar-refractivity contribution < 1.29 is 14.2 Å². The first-order valence-corrected chi connectivity index (χ1v) is 9.68. The molecule has 4 aliphatic rings. The van der Waals surface area contributed by atoms with Crippen molar-refractivity contribution in [3.8, 4) is 17.9 Å². The van der Waals surface area contributed by atoms with E-state index in [2.05, 4.69) is 22.4 Å². The van der Waals surface area contributed by atoms with Gasteiger partial charge in [-0.2, -0.15) is 10.5 Å². The Morgan fingerprint density at radius 1 is 1.17 bits per heavy atom. The van der Waals surface area contributed by atoms with Crippen LogP contribution in [0.2, 0.25) is 0 Å². The van der Waals surface area contributed by atoms with E-state index in [1.807, 2.05) is 24.3 Å². The molecule has 5 rings (SSSR count). The Balaban J connectivity index is 1.79. The zero-order valence-corrected chi connectivity index (χ0v) is 16.1. The molecule has 1 aromatic carbocycles. The minimum absolute atomic E-state index is 0.0650. The van der Waals surface area contributed by atoms with E-state index in [9.17, 15) is 10.5 Å². The zero-order valence-electron chi connectivity index (χ0n) is 16.1. The summed E-state index contributed by atoms with van der Waals surface area (Å²) in [6.07, 6.45) is 2.35. The van der Waals surface area contributed by atoms with Crippen molar-refractivity contribution >= 4 is 5.84 Å². The van der Waals surface area contributed by atoms with Gasteiger partial charge in [-0.25, -0.2) is 4.99 Å². The molecule has 3 atom stereocenters. The third-order valence-corrected chi connectivity index (χ3v) is 6.63. The van der Waals surface area contributed by atoms with Gasteiger partial charge in [-0.05, 0) is 42.5 Å². The van der Waals surface area contributed by atoms with Gasteiger partial charge in [0.2, 0.25) is 0 Å². The number of hydrogen-bond donors (Lipinski definition) is 2. The summed E-state index contributed by atoms with van der Waals surface area (Å²) in [5, 5.41) is 24.7. The molecular formula is C21H21N5O3. The largest absolute Gasteiger partial charge is 0.497 e. The lowest BCUT2D eigenvalue weighted by Crippen LogP contribution is -2.63. The van der Waals surface area contributed by atoms with Gasteiger partial charge in [0.05, 0.1) is 38.5 Å². The maximum absolute atomic E-state index is 10.6. The number of nitrogens with one attached hydrogen (secondary N) is 1. The van der Waals surface area contributed by atoms with Gasteiger partial charge in [0, 0.05) is 5.70 Å². The van der Waals surface area contributed by atoms with E-state index in [0.29, 0.717) is 25.4 Å². The van der Waals surface area contributed by atoms with Crippen molar-refractivity contribution in [2.45, 2.75) is 31.2 Å². The van der Waals surface area contributed by atoms with Crippen LogP contribution in [0, 0.1) is 33.5 Å². The molecule has 0 amide bonds. The molecule has 29 heavy (non-hydrogen) atoms. The van der Waals surface area contributed by atoms with Gasteiger partial charge in [-0.1, -0.05) is 12.1 Å². The van der Waals surface area contributed by atoms with Gasteiger partial charge < -0.3 is 25.3 Å². The fourth-order valence-corrected chi connectivity index (χ4v) is 5.41. The summed E-state index contributed by atoms with van der Waals surface area (Å²) in [4.78, 5) is 4.53. The second-order valence-corrected chi connectivity index (χ2v) is 7.72. The number of allylic oxidation sites excluding steroid dienone is 1. The lowest BCUT2D eigenvalue weighted by atomic mass is 9.53. The van der Waals surface area contributed by atoms with Gasteiger partial charge in [0.15, 0.2) is 10.8 Å². The van der Waals surface area contributed by atoms with Crippen LogP contribution in [-0.4, -0.2) is 32.1 Å². The minimum atomic E-state index is -1.58. The molecule has 1 spiro atoms. The highest BCUT2D eigenvalue weighted by Crippen LogP contribution is 2.68. The smallest absolute Gasteiger partial charge is 0.297 e. The van der Waals surface area contributed by atoms with Crippen LogP contribution < -0.4 is 15.8 Å². The standard InChI is InChI=1S/C21H21N5O3/c1-27-14-7-5-13(6-8-14)17-19(11-22)18(24)26-21(28-9-10-29-21)20(19,12-23)15-3-2-4-16(15)25-17/h5-8,17,25H,2-4,9-10H2,1H3,(H2,24,26)/t17-,19+,20+/m1/s1. The number of nitrogens with zero attached hydrogens (tertiary/aromatic N) is 3. The van der Waals surface area contributed by atoms with E-state index in [4.69, 9.17) is 19.9 Å². The predicted octanol–water partition coefficient (Wildman–Crippen LogP) is 1.87. The fraction of sp³-hybridized carbons (Fsp3) is 0.476. The molecule has 0 saturated carbocycles. The SMILES string of the molecule is COc1ccc([C@H]2NC3=C(CCC3)[C@]3(C#N)C4(N=C(N)[C@]23C#N)OCCO4)cc1. The molecule has 1 aromatic rings. The first-order valence-electron chi connectivity index (χ1n) is 9.68. The number of nitriles is 2. The highest BCUT2D eigenvalue weighted by atomic mass is 16.8. The number of amidine groups is 1. The molecule has 148 valence electrons. The summed E-state index contributed by atoms with van der Waals surface area (Å²) >= 11 is 0. The number of benzene rings is 1. The molecule has 1 saturated heterocycles. The number of fused-ring (bicyclic) bond motifs is 3. The molecule has 1 fully saturated rings. The molecule has 3 N–H and O–H groups in total. The van der Waals surface area contributed by atoms with Crippen LogP contribution in [0.25, 0.3) is 0 Å². The van der Waals surface area contributed by atoms with E-state index in [-0.39, 0.29) is 5.84 Å². The van der Waals surface area contributed by atoms with E-state index in [0.717, 1.165) is 29.7 Å². The molecule has 3 aliphatic heterocycles. The summed E-state index contributed by atoms with van der Waals surface area (Å²) < 4.78 is 17.2. The molecular weight excluding hydrogens is 370 g/mol. The molecule has 0 unspecified atom stereocenters. The van der Waals surface area contributed by atoms with Crippen LogP contribution in [0.1, 0.15) is 30.9 Å². The Kier molecular flexibility index (Phi) is 3.70. The summed E-state index contributed by atoms with van der Waals surface area (Å²) in [6, 6.07) is 11.7. The number of hydrogen-bond acceptors (Lipinski definition) is 8. The summed E-state index contributed by atoms with van der Waals surface area (Å²) in [7, 11) is 1.60. The van der Waals surface area contributed by atoms with E-state index in [1.165, 1.54) is 0 Å². The lowest BCUT2D eigenvalue weighted by molar-refractivity contribution is -0.212. The highest BCUT2D eigenvalue weighted by Gasteiger charge is 2.80. The first kappa shape index (κ1) is 18.0. The number of methoxy groups -OCH3 is 1. The van der Waals surface area contributed by atoms with Gasteiger partial charge in [0.25, 0.3) is 5.91 Å². The van der Waals surface area contributed by atoms with Crippen molar-refractivity contribution in [1.82, 2.24) is 5.32 Å². The van der Waals surface area contributed by atoms with Crippen molar-refractivity contribution in [1.29, 1.82) is 10.5 Å².